The van der Waals surface area contributed by atoms with Crippen LogP contribution in [0.1, 0.15) is 50.7 Å². The van der Waals surface area contributed by atoms with Crippen molar-refractivity contribution in [2.24, 2.45) is 0 Å². The van der Waals surface area contributed by atoms with Crippen LogP contribution in [0.4, 0.5) is 0 Å². The molecule has 5 heteroatoms. The third-order valence-corrected chi connectivity index (χ3v) is 6.85. The van der Waals surface area contributed by atoms with Crippen LogP contribution in [-0.4, -0.2) is 21.8 Å². The number of rotatable bonds is 7. The number of thioether (sulfide) groups is 1. The molecule has 0 bridgehead atoms. The molecule has 146 valence electrons. The van der Waals surface area contributed by atoms with E-state index >= 15 is 0 Å². The number of carboxylic acids is 1. The predicted molar refractivity (Wildman–Crippen MR) is 120 cm³/mol. The summed E-state index contributed by atoms with van der Waals surface area (Å²) in [5, 5.41) is 9.01. The molecule has 0 radical (unpaired) electrons. The van der Waals surface area contributed by atoms with E-state index in [2.05, 4.69) is 76.2 Å². The summed E-state index contributed by atoms with van der Waals surface area (Å²) in [5.41, 5.74) is 5.70. The first-order valence-corrected chi connectivity index (χ1v) is 11.2. The van der Waals surface area contributed by atoms with E-state index in [1.807, 2.05) is 0 Å². The molecule has 1 heterocycles. The minimum Gasteiger partial charge on any atom is -0.481 e. The lowest BCUT2D eigenvalue weighted by Gasteiger charge is -2.09. The van der Waals surface area contributed by atoms with E-state index in [0.29, 0.717) is 11.8 Å². The Morgan fingerprint density at radius 1 is 0.929 bits per heavy atom. The molecule has 0 saturated carbocycles. The number of aromatic nitrogens is 1. The van der Waals surface area contributed by atoms with Crippen LogP contribution in [0.2, 0.25) is 0 Å². The van der Waals surface area contributed by atoms with Crippen LogP contribution in [0.5, 0.6) is 0 Å². The number of hydrogen-bond donors (Lipinski definition) is 1. The minimum atomic E-state index is -0.828. The van der Waals surface area contributed by atoms with Crippen molar-refractivity contribution in [3.05, 3.63) is 59.7 Å². The molecule has 0 spiro atoms. The van der Waals surface area contributed by atoms with Crippen LogP contribution in [-0.2, 0) is 4.79 Å². The Balaban J connectivity index is 2.02. The Labute approximate surface area is 174 Å². The maximum absolute atomic E-state index is 11.0. The molecule has 28 heavy (non-hydrogen) atoms. The number of thiazole rings is 1. The van der Waals surface area contributed by atoms with E-state index in [-0.39, 0.29) is 5.75 Å². The molecule has 3 nitrogen and oxygen atoms in total. The molecule has 0 amide bonds. The lowest BCUT2D eigenvalue weighted by Crippen LogP contribution is -1.96. The number of aliphatic carboxylic acids is 1. The van der Waals surface area contributed by atoms with Crippen molar-refractivity contribution in [1.29, 1.82) is 0 Å². The van der Waals surface area contributed by atoms with Crippen molar-refractivity contribution in [3.63, 3.8) is 0 Å². The summed E-state index contributed by atoms with van der Waals surface area (Å²) < 4.78 is 0.785. The molecule has 1 aromatic heterocycles. The summed E-state index contributed by atoms with van der Waals surface area (Å²) in [7, 11) is 0. The summed E-state index contributed by atoms with van der Waals surface area (Å²) in [6.45, 7) is 8.73. The summed E-state index contributed by atoms with van der Waals surface area (Å²) >= 11 is 2.84. The molecule has 0 atom stereocenters. The number of nitrogens with zero attached hydrogens (tertiary/aromatic N) is 1. The van der Waals surface area contributed by atoms with Gasteiger partial charge in [-0.3, -0.25) is 4.79 Å². The lowest BCUT2D eigenvalue weighted by molar-refractivity contribution is -0.133. The normalized spacial score (nSPS) is 11.4. The van der Waals surface area contributed by atoms with Gasteiger partial charge in [-0.15, -0.1) is 11.3 Å². The van der Waals surface area contributed by atoms with Gasteiger partial charge in [0.15, 0.2) is 4.34 Å². The molecule has 0 aliphatic carbocycles. The molecule has 1 N–H and O–H groups in total. The van der Waals surface area contributed by atoms with E-state index in [1.165, 1.54) is 22.9 Å². The second-order valence-electron chi connectivity index (χ2n) is 7.39. The van der Waals surface area contributed by atoms with Gasteiger partial charge >= 0.3 is 5.97 Å². The first-order chi connectivity index (χ1) is 13.3. The molecular weight excluding hydrogens is 386 g/mol. The van der Waals surface area contributed by atoms with Gasteiger partial charge in [-0.1, -0.05) is 88.0 Å². The highest BCUT2D eigenvalue weighted by molar-refractivity contribution is 8.01. The van der Waals surface area contributed by atoms with Gasteiger partial charge < -0.3 is 5.11 Å². The second-order valence-corrected chi connectivity index (χ2v) is 9.61. The first kappa shape index (κ1) is 20.6. The third-order valence-electron chi connectivity index (χ3n) is 4.62. The number of carboxylic acid groups (broad SMARTS) is 1. The fourth-order valence-corrected chi connectivity index (χ4v) is 4.81. The van der Waals surface area contributed by atoms with Gasteiger partial charge in [-0.25, -0.2) is 4.98 Å². The van der Waals surface area contributed by atoms with Crippen LogP contribution >= 0.6 is 23.1 Å². The standard InChI is InChI=1S/C23H25NO2S2/c1-14(2)16-5-9-18(10-6-16)21-22(28-23(24-21)27-13-20(25)26)19-11-7-17(8-12-19)15(3)4/h5-12,14-15H,13H2,1-4H3,(H,25,26). The zero-order chi connectivity index (χ0) is 20.3. The van der Waals surface area contributed by atoms with Gasteiger partial charge in [0.25, 0.3) is 0 Å². The Morgan fingerprint density at radius 3 is 1.89 bits per heavy atom. The van der Waals surface area contributed by atoms with Gasteiger partial charge in [0, 0.05) is 5.56 Å². The fourth-order valence-electron chi connectivity index (χ4n) is 2.92. The molecule has 2 aromatic carbocycles. The largest absolute Gasteiger partial charge is 0.481 e. The maximum atomic E-state index is 11.0. The fraction of sp³-hybridized carbons (Fsp3) is 0.304. The number of hydrogen-bond acceptors (Lipinski definition) is 4. The topological polar surface area (TPSA) is 50.2 Å². The van der Waals surface area contributed by atoms with Gasteiger partial charge in [0.2, 0.25) is 0 Å². The monoisotopic (exact) mass is 411 g/mol. The van der Waals surface area contributed by atoms with Crippen molar-refractivity contribution < 1.29 is 9.90 Å². The average Bonchev–Trinajstić information content (AvgIpc) is 3.11. The predicted octanol–water partition coefficient (Wildman–Crippen LogP) is 6.90. The van der Waals surface area contributed by atoms with Crippen LogP contribution in [0.3, 0.4) is 0 Å². The van der Waals surface area contributed by atoms with Crippen LogP contribution in [0.15, 0.2) is 52.9 Å². The van der Waals surface area contributed by atoms with Gasteiger partial charge in [-0.2, -0.15) is 0 Å². The summed E-state index contributed by atoms with van der Waals surface area (Å²) in [4.78, 5) is 16.8. The zero-order valence-electron chi connectivity index (χ0n) is 16.6. The highest BCUT2D eigenvalue weighted by Gasteiger charge is 2.17. The zero-order valence-corrected chi connectivity index (χ0v) is 18.2. The van der Waals surface area contributed by atoms with E-state index in [9.17, 15) is 4.79 Å². The molecular formula is C23H25NO2S2. The number of benzene rings is 2. The SMILES string of the molecule is CC(C)c1ccc(-c2nc(SCC(=O)O)sc2-c2ccc(C(C)C)cc2)cc1. The molecule has 0 fully saturated rings. The van der Waals surface area contributed by atoms with Crippen LogP contribution < -0.4 is 0 Å². The van der Waals surface area contributed by atoms with Gasteiger partial charge in [0.05, 0.1) is 16.3 Å². The summed E-state index contributed by atoms with van der Waals surface area (Å²) in [6.07, 6.45) is 0. The molecule has 3 aromatic rings. The van der Waals surface area contributed by atoms with E-state index < -0.39 is 5.97 Å². The van der Waals surface area contributed by atoms with E-state index in [1.54, 1.807) is 11.3 Å². The Hall–Kier alpha value is -2.11. The van der Waals surface area contributed by atoms with Crippen LogP contribution in [0, 0.1) is 0 Å². The molecule has 0 saturated heterocycles. The lowest BCUT2D eigenvalue weighted by atomic mass is 9.98. The average molecular weight is 412 g/mol. The van der Waals surface area contributed by atoms with Crippen LogP contribution in [0.25, 0.3) is 21.7 Å². The van der Waals surface area contributed by atoms with Gasteiger partial charge in [-0.05, 0) is 28.5 Å². The van der Waals surface area contributed by atoms with E-state index in [4.69, 9.17) is 10.1 Å². The first-order valence-electron chi connectivity index (χ1n) is 9.41. The summed E-state index contributed by atoms with van der Waals surface area (Å²) in [5.74, 6) is 0.158. The molecule has 0 unspecified atom stereocenters. The highest BCUT2D eigenvalue weighted by atomic mass is 32.2. The molecule has 3 rings (SSSR count). The smallest absolute Gasteiger partial charge is 0.313 e. The quantitative estimate of drug-likeness (QED) is 0.430. The maximum Gasteiger partial charge on any atom is 0.313 e. The minimum absolute atomic E-state index is 0.0188. The Bertz CT molecular complexity index is 873. The third kappa shape index (κ3) is 4.83. The van der Waals surface area contributed by atoms with Crippen molar-refractivity contribution in [2.45, 2.75) is 43.9 Å². The summed E-state index contributed by atoms with van der Waals surface area (Å²) in [6, 6.07) is 17.1. The number of carbonyl (C=O) groups is 1. The van der Waals surface area contributed by atoms with Gasteiger partial charge in [0.1, 0.15) is 0 Å². The Kier molecular flexibility index (Phi) is 6.57. The van der Waals surface area contributed by atoms with Crippen molar-refractivity contribution in [2.75, 3.05) is 5.75 Å². The molecule has 0 aliphatic rings. The van der Waals surface area contributed by atoms with Crippen molar-refractivity contribution in [1.82, 2.24) is 4.98 Å². The van der Waals surface area contributed by atoms with Crippen molar-refractivity contribution >= 4 is 29.1 Å². The van der Waals surface area contributed by atoms with Crippen molar-refractivity contribution in [3.8, 4) is 21.7 Å². The second kappa shape index (κ2) is 8.93. The highest BCUT2D eigenvalue weighted by Crippen LogP contribution is 2.40. The Morgan fingerprint density at radius 2 is 1.43 bits per heavy atom. The molecule has 0 aliphatic heterocycles. The van der Waals surface area contributed by atoms with E-state index in [0.717, 1.165) is 26.0 Å².